The first-order valence-electron chi connectivity index (χ1n) is 9.98. The molecule has 9 nitrogen and oxygen atoms in total. The Kier molecular flexibility index (Phi) is 5.23. The smallest absolute Gasteiger partial charge is 0.237 e. The highest BCUT2D eigenvalue weighted by Crippen LogP contribution is 2.33. The number of aromatic nitrogens is 5. The molecule has 30 heavy (non-hydrogen) atoms. The van der Waals surface area contributed by atoms with Crippen LogP contribution in [0.25, 0.3) is 5.65 Å². The minimum absolute atomic E-state index is 0.0554. The fourth-order valence-corrected chi connectivity index (χ4v) is 4.27. The maximum atomic E-state index is 9.30. The topological polar surface area (TPSA) is 110 Å². The first-order valence-corrected chi connectivity index (χ1v) is 10.8. The molecule has 1 saturated heterocycles. The fraction of sp³-hybridized carbons (Fsp3) is 0.450. The van der Waals surface area contributed by atoms with Gasteiger partial charge in [0.15, 0.2) is 5.65 Å². The molecule has 5 rings (SSSR count). The lowest BCUT2D eigenvalue weighted by atomic mass is 9.85. The summed E-state index contributed by atoms with van der Waals surface area (Å²) in [5, 5.41) is 21.5. The number of ether oxygens (including phenoxy) is 2. The maximum absolute atomic E-state index is 9.30. The average molecular weight is 470 g/mol. The first kappa shape index (κ1) is 19.2. The summed E-state index contributed by atoms with van der Waals surface area (Å²) in [7, 11) is 0. The number of halogens is 1. The quantitative estimate of drug-likeness (QED) is 0.606. The molecule has 0 unspecified atom stereocenters. The minimum atomic E-state index is -0.0554. The molecule has 0 bridgehead atoms. The molecular formula is C20H20BrN7O2. The lowest BCUT2D eigenvalue weighted by Gasteiger charge is -2.29. The summed E-state index contributed by atoms with van der Waals surface area (Å²) in [6, 6.07) is 6.26. The Morgan fingerprint density at radius 1 is 1.30 bits per heavy atom. The van der Waals surface area contributed by atoms with Gasteiger partial charge in [0.1, 0.15) is 23.6 Å². The summed E-state index contributed by atoms with van der Waals surface area (Å²) in [4.78, 5) is 8.75. The SMILES string of the molecule is N#Cc1cnc(N[C@@H]2CCC[C@H](c3nnc4cc(Br)ccn34)C2)nc1OC1COC1. The predicted octanol–water partition coefficient (Wildman–Crippen LogP) is 3.07. The van der Waals surface area contributed by atoms with E-state index in [0.29, 0.717) is 36.5 Å². The summed E-state index contributed by atoms with van der Waals surface area (Å²) in [5.74, 6) is 2.07. The van der Waals surface area contributed by atoms with E-state index in [1.54, 1.807) is 0 Å². The van der Waals surface area contributed by atoms with Gasteiger partial charge in [-0.1, -0.05) is 22.4 Å². The molecule has 3 aromatic rings. The van der Waals surface area contributed by atoms with E-state index in [4.69, 9.17) is 9.47 Å². The van der Waals surface area contributed by atoms with Crippen molar-refractivity contribution >= 4 is 27.5 Å². The van der Waals surface area contributed by atoms with Crippen LogP contribution < -0.4 is 10.1 Å². The van der Waals surface area contributed by atoms with E-state index in [0.717, 1.165) is 41.6 Å². The van der Waals surface area contributed by atoms with E-state index in [9.17, 15) is 5.26 Å². The van der Waals surface area contributed by atoms with Crippen molar-refractivity contribution in [3.05, 3.63) is 40.4 Å². The van der Waals surface area contributed by atoms with Crippen LogP contribution in [-0.2, 0) is 4.74 Å². The minimum Gasteiger partial charge on any atom is -0.468 e. The van der Waals surface area contributed by atoms with Crippen LogP contribution in [0.1, 0.15) is 43.0 Å². The van der Waals surface area contributed by atoms with Gasteiger partial charge in [0.05, 0.1) is 19.4 Å². The second kappa shape index (κ2) is 8.16. The lowest BCUT2D eigenvalue weighted by Crippen LogP contribution is -2.39. The molecule has 2 aliphatic rings. The van der Waals surface area contributed by atoms with Crippen molar-refractivity contribution in [1.82, 2.24) is 24.6 Å². The highest BCUT2D eigenvalue weighted by Gasteiger charge is 2.28. The Morgan fingerprint density at radius 2 is 2.20 bits per heavy atom. The monoisotopic (exact) mass is 469 g/mol. The Balaban J connectivity index is 1.31. The maximum Gasteiger partial charge on any atom is 0.237 e. The summed E-state index contributed by atoms with van der Waals surface area (Å²) in [6.07, 6.45) is 7.53. The van der Waals surface area contributed by atoms with Gasteiger partial charge in [-0.2, -0.15) is 10.2 Å². The van der Waals surface area contributed by atoms with Gasteiger partial charge >= 0.3 is 0 Å². The van der Waals surface area contributed by atoms with Gasteiger partial charge in [-0.15, -0.1) is 10.2 Å². The van der Waals surface area contributed by atoms with Gasteiger partial charge in [-0.05, 0) is 31.4 Å². The summed E-state index contributed by atoms with van der Waals surface area (Å²) >= 11 is 3.48. The number of nitrogens with zero attached hydrogens (tertiary/aromatic N) is 6. The number of anilines is 1. The van der Waals surface area contributed by atoms with E-state index in [1.807, 2.05) is 18.3 Å². The summed E-state index contributed by atoms with van der Waals surface area (Å²) in [5.41, 5.74) is 1.17. The molecular weight excluding hydrogens is 450 g/mol. The van der Waals surface area contributed by atoms with Gasteiger partial charge < -0.3 is 14.8 Å². The number of rotatable bonds is 5. The van der Waals surface area contributed by atoms with E-state index in [1.165, 1.54) is 6.20 Å². The molecule has 2 atom stereocenters. The predicted molar refractivity (Wildman–Crippen MR) is 111 cm³/mol. The van der Waals surface area contributed by atoms with Crippen LogP contribution in [-0.4, -0.2) is 49.9 Å². The van der Waals surface area contributed by atoms with Crippen molar-refractivity contribution in [1.29, 1.82) is 5.26 Å². The van der Waals surface area contributed by atoms with Crippen LogP contribution in [0, 0.1) is 11.3 Å². The molecule has 2 fully saturated rings. The summed E-state index contributed by atoms with van der Waals surface area (Å²) < 4.78 is 14.0. The van der Waals surface area contributed by atoms with Gasteiger partial charge in [0, 0.05) is 22.6 Å². The number of hydrogen-bond acceptors (Lipinski definition) is 8. The van der Waals surface area contributed by atoms with Crippen LogP contribution in [0.15, 0.2) is 29.0 Å². The second-order valence-electron chi connectivity index (χ2n) is 7.64. The first-order chi connectivity index (χ1) is 14.7. The lowest BCUT2D eigenvalue weighted by molar-refractivity contribution is -0.0814. The normalized spacial score (nSPS) is 21.7. The number of nitriles is 1. The molecule has 1 aliphatic carbocycles. The highest BCUT2D eigenvalue weighted by molar-refractivity contribution is 9.10. The van der Waals surface area contributed by atoms with Crippen LogP contribution in [0.3, 0.4) is 0 Å². The molecule has 10 heteroatoms. The van der Waals surface area contributed by atoms with Gasteiger partial charge in [-0.25, -0.2) is 4.98 Å². The Hall–Kier alpha value is -2.77. The third-order valence-corrected chi connectivity index (χ3v) is 6.02. The number of pyridine rings is 1. The third-order valence-electron chi connectivity index (χ3n) is 5.53. The zero-order valence-corrected chi connectivity index (χ0v) is 17.7. The van der Waals surface area contributed by atoms with E-state index >= 15 is 0 Å². The Morgan fingerprint density at radius 3 is 3.00 bits per heavy atom. The van der Waals surface area contributed by atoms with Crippen molar-refractivity contribution in [2.45, 2.75) is 43.7 Å². The molecule has 1 saturated carbocycles. The molecule has 0 amide bonds. The second-order valence-corrected chi connectivity index (χ2v) is 8.55. The molecule has 1 N–H and O–H groups in total. The average Bonchev–Trinajstić information content (AvgIpc) is 3.14. The van der Waals surface area contributed by atoms with Gasteiger partial charge in [-0.3, -0.25) is 4.40 Å². The molecule has 0 aromatic carbocycles. The van der Waals surface area contributed by atoms with Crippen molar-refractivity contribution in [3.8, 4) is 11.9 Å². The largest absolute Gasteiger partial charge is 0.468 e. The number of hydrogen-bond donors (Lipinski definition) is 1. The molecule has 0 spiro atoms. The Bertz CT molecular complexity index is 1110. The van der Waals surface area contributed by atoms with Crippen LogP contribution in [0.5, 0.6) is 5.88 Å². The standard InChI is InChI=1S/C20H20BrN7O2/c21-14-4-5-28-17(7-14)26-27-18(28)12-2-1-3-15(6-12)24-20-23-9-13(8-22)19(25-20)30-16-10-29-11-16/h4-5,7,9,12,15-16H,1-3,6,10-11H2,(H,23,24,25)/t12-,15+/m0/s1. The van der Waals surface area contributed by atoms with Crippen LogP contribution >= 0.6 is 15.9 Å². The van der Waals surface area contributed by atoms with Crippen molar-refractivity contribution in [2.75, 3.05) is 18.5 Å². The van der Waals surface area contributed by atoms with E-state index in [-0.39, 0.29) is 12.1 Å². The molecule has 1 aliphatic heterocycles. The molecule has 154 valence electrons. The summed E-state index contributed by atoms with van der Waals surface area (Å²) in [6.45, 7) is 1.04. The third kappa shape index (κ3) is 3.82. The van der Waals surface area contributed by atoms with Crippen LogP contribution in [0.4, 0.5) is 5.95 Å². The fourth-order valence-electron chi connectivity index (χ4n) is 3.94. The highest BCUT2D eigenvalue weighted by atomic mass is 79.9. The van der Waals surface area contributed by atoms with Crippen LogP contribution in [0.2, 0.25) is 0 Å². The molecule has 4 heterocycles. The zero-order valence-electron chi connectivity index (χ0n) is 16.2. The van der Waals surface area contributed by atoms with E-state index < -0.39 is 0 Å². The number of fused-ring (bicyclic) bond motifs is 1. The number of nitrogens with one attached hydrogen (secondary N) is 1. The van der Waals surface area contributed by atoms with Crippen molar-refractivity contribution in [3.63, 3.8) is 0 Å². The van der Waals surface area contributed by atoms with Crippen molar-refractivity contribution < 1.29 is 9.47 Å². The van der Waals surface area contributed by atoms with Gasteiger partial charge in [0.25, 0.3) is 0 Å². The van der Waals surface area contributed by atoms with E-state index in [2.05, 4.69) is 51.9 Å². The Labute approximate surface area is 181 Å². The molecule has 3 aromatic heterocycles. The van der Waals surface area contributed by atoms with Gasteiger partial charge in [0.2, 0.25) is 11.8 Å². The zero-order chi connectivity index (χ0) is 20.5. The van der Waals surface area contributed by atoms with Crippen molar-refractivity contribution in [2.24, 2.45) is 0 Å². The molecule has 0 radical (unpaired) electrons.